The number of halogens is 3. The normalized spacial score (nSPS) is 11.2. The van der Waals surface area contributed by atoms with Gasteiger partial charge in [0.15, 0.2) is 0 Å². The highest BCUT2D eigenvalue weighted by Crippen LogP contribution is 2.24. The van der Waals surface area contributed by atoms with Crippen LogP contribution in [0.1, 0.15) is 51.4 Å². The molecule has 0 unspecified atom stereocenters. The number of unbranched alkanes of at least 4 members (excludes halogenated alkanes) is 2. The van der Waals surface area contributed by atoms with E-state index in [4.69, 9.17) is 34.8 Å². The molecule has 0 aliphatic rings. The van der Waals surface area contributed by atoms with E-state index in [0.717, 1.165) is 36.9 Å². The Hall–Kier alpha value is 0.870. The Morgan fingerprint density at radius 3 is 1.33 bits per heavy atom. The lowest BCUT2D eigenvalue weighted by Crippen LogP contribution is -1.99. The molecule has 0 aliphatic carbocycles. The Kier molecular flexibility index (Phi) is 13.7. The van der Waals surface area contributed by atoms with Crippen molar-refractivity contribution >= 4 is 34.8 Å². The van der Waals surface area contributed by atoms with Gasteiger partial charge in [-0.1, -0.05) is 12.8 Å². The van der Waals surface area contributed by atoms with E-state index in [0.29, 0.717) is 0 Å². The number of rotatable bonds is 11. The summed E-state index contributed by atoms with van der Waals surface area (Å²) in [7, 11) is 0. The predicted molar refractivity (Wildman–Crippen MR) is 72.3 cm³/mol. The van der Waals surface area contributed by atoms with Crippen LogP contribution in [0.2, 0.25) is 0 Å². The Morgan fingerprint density at radius 1 is 0.533 bits per heavy atom. The maximum absolute atomic E-state index is 5.71. The maximum atomic E-state index is 5.71. The fourth-order valence-corrected chi connectivity index (χ4v) is 2.14. The molecule has 0 aliphatic heterocycles. The van der Waals surface area contributed by atoms with Gasteiger partial charge in [0.05, 0.1) is 0 Å². The van der Waals surface area contributed by atoms with Crippen molar-refractivity contribution in [2.75, 3.05) is 17.6 Å². The maximum Gasteiger partial charge on any atom is 0.0223 e. The van der Waals surface area contributed by atoms with Gasteiger partial charge < -0.3 is 0 Å². The molecular weight excluding hydrogens is 250 g/mol. The molecule has 0 N–H and O–H groups in total. The van der Waals surface area contributed by atoms with E-state index in [1.54, 1.807) is 5.92 Å². The summed E-state index contributed by atoms with van der Waals surface area (Å²) in [6.07, 6.45) is 9.46. The first-order chi connectivity index (χ1) is 7.35. The van der Waals surface area contributed by atoms with Gasteiger partial charge in [-0.15, -0.1) is 34.8 Å². The Labute approximate surface area is 110 Å². The smallest absolute Gasteiger partial charge is 0.0223 e. The molecule has 91 valence electrons. The van der Waals surface area contributed by atoms with Crippen molar-refractivity contribution in [1.82, 2.24) is 0 Å². The van der Waals surface area contributed by atoms with Crippen LogP contribution in [0, 0.1) is 5.92 Å². The van der Waals surface area contributed by atoms with Gasteiger partial charge in [-0.2, -0.15) is 0 Å². The second-order valence-corrected chi connectivity index (χ2v) is 4.97. The molecule has 0 spiro atoms. The minimum absolute atomic E-state index is 0.772. The van der Waals surface area contributed by atoms with E-state index in [-0.39, 0.29) is 0 Å². The average molecular weight is 273 g/mol. The Balaban J connectivity index is 3.53. The molecule has 0 saturated heterocycles. The second-order valence-electron chi connectivity index (χ2n) is 3.83. The van der Waals surface area contributed by atoms with Gasteiger partial charge in [0.1, 0.15) is 0 Å². The zero-order chi connectivity index (χ0) is 11.4. The highest BCUT2D eigenvalue weighted by molar-refractivity contribution is 6.18. The molecule has 0 fully saturated rings. The number of alkyl halides is 3. The summed E-state index contributed by atoms with van der Waals surface area (Å²) >= 11 is 17.0. The quantitative estimate of drug-likeness (QED) is 0.349. The van der Waals surface area contributed by atoms with Crippen LogP contribution in [-0.4, -0.2) is 17.6 Å². The topological polar surface area (TPSA) is 0 Å². The van der Waals surface area contributed by atoms with E-state index >= 15 is 0 Å². The van der Waals surface area contributed by atoms with Crippen molar-refractivity contribution < 1.29 is 0 Å². The molecule has 0 atom stereocenters. The molecule has 3 heteroatoms. The molecular formula is C12H22Cl3. The first-order valence-electron chi connectivity index (χ1n) is 5.86. The summed E-state index contributed by atoms with van der Waals surface area (Å²) in [4.78, 5) is 0. The van der Waals surface area contributed by atoms with Crippen LogP contribution in [0.4, 0.5) is 0 Å². The average Bonchev–Trinajstić information content (AvgIpc) is 2.25. The van der Waals surface area contributed by atoms with Gasteiger partial charge in [0.2, 0.25) is 0 Å². The van der Waals surface area contributed by atoms with Gasteiger partial charge in [-0.05, 0) is 44.4 Å². The zero-order valence-electron chi connectivity index (χ0n) is 9.41. The molecule has 0 bridgehead atoms. The lowest BCUT2D eigenvalue weighted by Gasteiger charge is -2.15. The zero-order valence-corrected chi connectivity index (χ0v) is 11.7. The highest BCUT2D eigenvalue weighted by Gasteiger charge is 2.08. The summed E-state index contributed by atoms with van der Waals surface area (Å²) in [5.74, 6) is 3.99. The summed E-state index contributed by atoms with van der Waals surface area (Å²) in [6.45, 7) is 0. The van der Waals surface area contributed by atoms with Gasteiger partial charge in [0.25, 0.3) is 0 Å². The monoisotopic (exact) mass is 271 g/mol. The van der Waals surface area contributed by atoms with Crippen molar-refractivity contribution in [1.29, 1.82) is 0 Å². The van der Waals surface area contributed by atoms with Crippen LogP contribution in [-0.2, 0) is 0 Å². The van der Waals surface area contributed by atoms with E-state index in [2.05, 4.69) is 0 Å². The van der Waals surface area contributed by atoms with Crippen LogP contribution in [0.15, 0.2) is 0 Å². The standard InChI is InChI=1S/C12H22Cl3/c13-9-3-1-6-12(8-5-11-15)7-2-4-10-14/h1-11H2. The van der Waals surface area contributed by atoms with E-state index in [9.17, 15) is 0 Å². The Bertz CT molecular complexity index is 107. The SMILES string of the molecule is ClCCCC[C](CCCCl)CCCCCl. The van der Waals surface area contributed by atoms with Gasteiger partial charge in [0, 0.05) is 17.6 Å². The van der Waals surface area contributed by atoms with Crippen molar-refractivity contribution in [3.8, 4) is 0 Å². The minimum Gasteiger partial charge on any atom is -0.127 e. The summed E-state index contributed by atoms with van der Waals surface area (Å²) in [6, 6.07) is 0. The van der Waals surface area contributed by atoms with Crippen molar-refractivity contribution in [3.05, 3.63) is 5.92 Å². The Morgan fingerprint density at radius 2 is 0.933 bits per heavy atom. The van der Waals surface area contributed by atoms with Crippen LogP contribution in [0.3, 0.4) is 0 Å². The molecule has 0 rings (SSSR count). The van der Waals surface area contributed by atoms with Crippen molar-refractivity contribution in [3.63, 3.8) is 0 Å². The molecule has 1 radical (unpaired) electrons. The lowest BCUT2D eigenvalue weighted by molar-refractivity contribution is 0.586. The molecule has 15 heavy (non-hydrogen) atoms. The predicted octanol–water partition coefficient (Wildman–Crippen LogP) is 5.40. The lowest BCUT2D eigenvalue weighted by atomic mass is 9.92. The highest BCUT2D eigenvalue weighted by atomic mass is 35.5. The van der Waals surface area contributed by atoms with Crippen molar-refractivity contribution in [2.45, 2.75) is 51.4 Å². The van der Waals surface area contributed by atoms with Gasteiger partial charge in [-0.25, -0.2) is 0 Å². The van der Waals surface area contributed by atoms with Gasteiger partial charge in [-0.3, -0.25) is 0 Å². The molecule has 0 aromatic rings. The third-order valence-electron chi connectivity index (χ3n) is 2.49. The number of hydrogen-bond acceptors (Lipinski definition) is 0. The van der Waals surface area contributed by atoms with Crippen LogP contribution in [0.5, 0.6) is 0 Å². The van der Waals surface area contributed by atoms with E-state index in [1.807, 2.05) is 0 Å². The molecule has 0 heterocycles. The third-order valence-corrected chi connectivity index (χ3v) is 3.29. The third kappa shape index (κ3) is 11.1. The van der Waals surface area contributed by atoms with Crippen LogP contribution in [0.25, 0.3) is 0 Å². The minimum atomic E-state index is 0.772. The van der Waals surface area contributed by atoms with Crippen molar-refractivity contribution in [2.24, 2.45) is 0 Å². The molecule has 0 amide bonds. The van der Waals surface area contributed by atoms with Crippen LogP contribution < -0.4 is 0 Å². The fraction of sp³-hybridized carbons (Fsp3) is 0.917. The van der Waals surface area contributed by atoms with Crippen LogP contribution >= 0.6 is 34.8 Å². The molecule has 0 saturated carbocycles. The van der Waals surface area contributed by atoms with E-state index in [1.165, 1.54) is 32.1 Å². The summed E-state index contributed by atoms with van der Waals surface area (Å²) in [5.41, 5.74) is 0. The first kappa shape index (κ1) is 15.9. The number of hydrogen-bond donors (Lipinski definition) is 0. The van der Waals surface area contributed by atoms with E-state index < -0.39 is 0 Å². The first-order valence-corrected chi connectivity index (χ1v) is 7.47. The molecule has 0 aromatic heterocycles. The molecule has 0 aromatic carbocycles. The summed E-state index contributed by atoms with van der Waals surface area (Å²) < 4.78 is 0. The summed E-state index contributed by atoms with van der Waals surface area (Å²) in [5, 5.41) is 0. The molecule has 0 nitrogen and oxygen atoms in total. The fourth-order valence-electron chi connectivity index (χ4n) is 1.63. The van der Waals surface area contributed by atoms with Gasteiger partial charge >= 0.3 is 0 Å². The largest absolute Gasteiger partial charge is 0.127 e. The second kappa shape index (κ2) is 12.9.